The lowest BCUT2D eigenvalue weighted by Crippen LogP contribution is -2.45. The van der Waals surface area contributed by atoms with E-state index in [0.717, 1.165) is 55.8 Å². The van der Waals surface area contributed by atoms with E-state index in [1.165, 1.54) is 6.21 Å². The van der Waals surface area contributed by atoms with Crippen molar-refractivity contribution in [1.82, 2.24) is 10.3 Å². The SMILES string of the molecule is COC1CCN(c2ccc(NCC(C)NC(=O)C(C)(F)F)c(C=N)c2)CC1.N#CC1(c2ccccn2)CC1. The number of halogens is 2. The summed E-state index contributed by atoms with van der Waals surface area (Å²) >= 11 is 0. The van der Waals surface area contributed by atoms with Crippen LogP contribution in [-0.4, -0.2) is 61.9 Å². The van der Waals surface area contributed by atoms with Crippen LogP contribution in [0.2, 0.25) is 0 Å². The van der Waals surface area contributed by atoms with Crippen LogP contribution in [0.1, 0.15) is 50.8 Å². The average molecular weight is 527 g/mol. The molecule has 1 saturated heterocycles. The fourth-order valence-corrected chi connectivity index (χ4v) is 4.24. The van der Waals surface area contributed by atoms with Crippen LogP contribution in [0.25, 0.3) is 0 Å². The largest absolute Gasteiger partial charge is 0.382 e. The van der Waals surface area contributed by atoms with Gasteiger partial charge in [0.25, 0.3) is 5.91 Å². The topological polar surface area (TPSA) is 114 Å². The van der Waals surface area contributed by atoms with Crippen molar-refractivity contribution < 1.29 is 18.3 Å². The molecule has 1 aromatic heterocycles. The van der Waals surface area contributed by atoms with E-state index in [1.807, 2.05) is 36.4 Å². The Bertz CT molecular complexity index is 1120. The number of ether oxygens (including phenoxy) is 1. The summed E-state index contributed by atoms with van der Waals surface area (Å²) in [5, 5.41) is 21.9. The minimum Gasteiger partial charge on any atom is -0.382 e. The van der Waals surface area contributed by atoms with Crippen LogP contribution in [0, 0.1) is 16.7 Å². The lowest BCUT2D eigenvalue weighted by Gasteiger charge is -2.33. The second-order valence-corrected chi connectivity index (χ2v) is 9.89. The predicted octanol–water partition coefficient (Wildman–Crippen LogP) is 4.51. The first-order valence-electron chi connectivity index (χ1n) is 12.8. The van der Waals surface area contributed by atoms with Gasteiger partial charge in [0.05, 0.1) is 23.3 Å². The van der Waals surface area contributed by atoms with Crippen molar-refractivity contribution in [2.45, 2.75) is 63.0 Å². The summed E-state index contributed by atoms with van der Waals surface area (Å²) in [6, 6.07) is 13.3. The Morgan fingerprint density at radius 3 is 2.58 bits per heavy atom. The van der Waals surface area contributed by atoms with Gasteiger partial charge in [0, 0.05) is 69.1 Å². The Labute approximate surface area is 222 Å². The van der Waals surface area contributed by atoms with Crippen LogP contribution in [0.5, 0.6) is 0 Å². The van der Waals surface area contributed by atoms with E-state index in [4.69, 9.17) is 15.4 Å². The average Bonchev–Trinajstić information content (AvgIpc) is 3.74. The molecule has 2 aromatic rings. The highest BCUT2D eigenvalue weighted by Crippen LogP contribution is 2.46. The number of piperidine rings is 1. The number of carbonyl (C=O) groups excluding carboxylic acids is 1. The van der Waals surface area contributed by atoms with Crippen molar-refractivity contribution in [2.24, 2.45) is 0 Å². The number of nitriles is 1. The number of benzene rings is 1. The number of anilines is 2. The van der Waals surface area contributed by atoms with Crippen LogP contribution in [0.15, 0.2) is 42.6 Å². The first-order chi connectivity index (χ1) is 18.1. The molecule has 3 N–H and O–H groups in total. The first-order valence-corrected chi connectivity index (χ1v) is 12.8. The van der Waals surface area contributed by atoms with E-state index in [1.54, 1.807) is 20.2 Å². The van der Waals surface area contributed by atoms with E-state index in [2.05, 4.69) is 26.6 Å². The van der Waals surface area contributed by atoms with Gasteiger partial charge in [0.15, 0.2) is 0 Å². The zero-order valence-corrected chi connectivity index (χ0v) is 22.1. The number of rotatable bonds is 9. The molecule has 2 aliphatic rings. The third-order valence-electron chi connectivity index (χ3n) is 6.83. The van der Waals surface area contributed by atoms with Crippen molar-refractivity contribution in [3.05, 3.63) is 53.9 Å². The normalized spacial score (nSPS) is 17.3. The van der Waals surface area contributed by atoms with Gasteiger partial charge >= 0.3 is 5.92 Å². The quantitative estimate of drug-likeness (QED) is 0.415. The maximum atomic E-state index is 13.0. The highest BCUT2D eigenvalue weighted by atomic mass is 19.3. The summed E-state index contributed by atoms with van der Waals surface area (Å²) in [5.41, 5.74) is 3.19. The highest BCUT2D eigenvalue weighted by molar-refractivity contribution is 5.88. The molecule has 38 heavy (non-hydrogen) atoms. The Hall–Kier alpha value is -3.58. The van der Waals surface area contributed by atoms with Crippen molar-refractivity contribution >= 4 is 23.5 Å². The first kappa shape index (κ1) is 29.0. The number of pyridine rings is 1. The fourth-order valence-electron chi connectivity index (χ4n) is 4.24. The molecule has 0 radical (unpaired) electrons. The Morgan fingerprint density at radius 1 is 1.34 bits per heavy atom. The molecule has 1 unspecified atom stereocenters. The molecule has 1 aromatic carbocycles. The van der Waals surface area contributed by atoms with E-state index in [-0.39, 0.29) is 12.0 Å². The number of amides is 1. The zero-order valence-electron chi connectivity index (χ0n) is 22.1. The third kappa shape index (κ3) is 7.71. The van der Waals surface area contributed by atoms with Crippen LogP contribution >= 0.6 is 0 Å². The Morgan fingerprint density at radius 2 is 2.05 bits per heavy atom. The minimum absolute atomic E-state index is 0.221. The fraction of sp³-hybridized carbons (Fsp3) is 0.500. The van der Waals surface area contributed by atoms with Gasteiger partial charge in [-0.15, -0.1) is 0 Å². The van der Waals surface area contributed by atoms with Gasteiger partial charge in [-0.1, -0.05) is 6.07 Å². The summed E-state index contributed by atoms with van der Waals surface area (Å²) < 4.78 is 31.3. The van der Waals surface area contributed by atoms with Crippen molar-refractivity contribution in [3.63, 3.8) is 0 Å². The molecular weight excluding hydrogens is 490 g/mol. The van der Waals surface area contributed by atoms with Crippen LogP contribution in [0.4, 0.5) is 20.2 Å². The predicted molar refractivity (Wildman–Crippen MR) is 144 cm³/mol. The molecule has 2 heterocycles. The number of hydrogen-bond acceptors (Lipinski definition) is 7. The van der Waals surface area contributed by atoms with Gasteiger partial charge < -0.3 is 25.7 Å². The second-order valence-electron chi connectivity index (χ2n) is 9.89. The maximum absolute atomic E-state index is 13.0. The molecule has 2 fully saturated rings. The molecule has 1 saturated carbocycles. The van der Waals surface area contributed by atoms with E-state index >= 15 is 0 Å². The summed E-state index contributed by atoms with van der Waals surface area (Å²) in [4.78, 5) is 17.8. The van der Waals surface area contributed by atoms with Gasteiger partial charge in [0.1, 0.15) is 0 Å². The molecule has 4 rings (SSSR count). The summed E-state index contributed by atoms with van der Waals surface area (Å²) in [7, 11) is 1.74. The standard InChI is InChI=1S/C19H28F2N4O2.C9H8N2/c1-13(24-18(26)19(2,20)21)12-23-17-5-4-15(10-14(17)11-22)25-8-6-16(27-3)7-9-25;10-7-9(4-5-9)8-3-1-2-6-11-8/h4-5,10-11,13,16,22-23H,6-9,12H2,1-3H3,(H,24,26);1-3,6H,4-5H2. The van der Waals surface area contributed by atoms with Gasteiger partial charge in [-0.2, -0.15) is 14.0 Å². The highest BCUT2D eigenvalue weighted by Gasteiger charge is 2.46. The number of carbonyl (C=O) groups is 1. The van der Waals surface area contributed by atoms with Gasteiger partial charge in [-0.25, -0.2) is 0 Å². The number of hydrogen-bond donors (Lipinski definition) is 3. The molecule has 1 aliphatic carbocycles. The maximum Gasteiger partial charge on any atom is 0.321 e. The van der Waals surface area contributed by atoms with Gasteiger partial charge in [-0.05, 0) is 62.9 Å². The Balaban J connectivity index is 0.000000299. The van der Waals surface area contributed by atoms with Crippen molar-refractivity contribution in [1.29, 1.82) is 10.7 Å². The number of nitrogens with one attached hydrogen (secondary N) is 3. The molecule has 8 nitrogen and oxygen atoms in total. The smallest absolute Gasteiger partial charge is 0.321 e. The second kappa shape index (κ2) is 12.8. The van der Waals surface area contributed by atoms with E-state index in [0.29, 0.717) is 18.6 Å². The van der Waals surface area contributed by atoms with Crippen molar-refractivity contribution in [2.75, 3.05) is 37.0 Å². The molecule has 0 bridgehead atoms. The van der Waals surface area contributed by atoms with Crippen LogP contribution in [0.3, 0.4) is 0 Å². The Kier molecular flexibility index (Phi) is 9.75. The van der Waals surface area contributed by atoms with Gasteiger partial charge in [0.2, 0.25) is 0 Å². The van der Waals surface area contributed by atoms with E-state index in [9.17, 15) is 13.6 Å². The molecule has 0 spiro atoms. The number of alkyl halides is 2. The number of aromatic nitrogens is 1. The lowest BCUT2D eigenvalue weighted by molar-refractivity contribution is -0.143. The van der Waals surface area contributed by atoms with Gasteiger partial charge in [-0.3, -0.25) is 9.78 Å². The zero-order chi connectivity index (χ0) is 27.8. The van der Waals surface area contributed by atoms with E-state index < -0.39 is 17.9 Å². The van der Waals surface area contributed by atoms with Crippen LogP contribution < -0.4 is 15.5 Å². The summed E-state index contributed by atoms with van der Waals surface area (Å²) in [5.74, 6) is -4.69. The third-order valence-corrected chi connectivity index (χ3v) is 6.83. The molecular formula is C28H36F2N6O2. The van der Waals surface area contributed by atoms with Crippen molar-refractivity contribution in [3.8, 4) is 6.07 Å². The minimum atomic E-state index is -3.40. The van der Waals surface area contributed by atoms with Crippen LogP contribution in [-0.2, 0) is 14.9 Å². The monoisotopic (exact) mass is 526 g/mol. The number of methoxy groups -OCH3 is 1. The molecule has 204 valence electrons. The summed E-state index contributed by atoms with van der Waals surface area (Å²) in [6.07, 6.45) is 7.19. The molecule has 1 aliphatic heterocycles. The summed E-state index contributed by atoms with van der Waals surface area (Å²) in [6.45, 7) is 4.30. The molecule has 1 amide bonds. The molecule has 1 atom stereocenters. The lowest BCUT2D eigenvalue weighted by atomic mass is 10.0. The number of nitrogens with zero attached hydrogens (tertiary/aromatic N) is 3. The molecule has 10 heteroatoms.